The minimum atomic E-state index is -1.22. The Labute approximate surface area is 170 Å². The fourth-order valence-electron chi connectivity index (χ4n) is 4.67. The van der Waals surface area contributed by atoms with Crippen molar-refractivity contribution in [2.24, 2.45) is 5.41 Å². The number of carbonyl (C=O) groups is 1. The fourth-order valence-corrected chi connectivity index (χ4v) is 4.67. The molecular weight excluding hydrogens is 390 g/mol. The Balaban J connectivity index is 1.24. The lowest BCUT2D eigenvalue weighted by Crippen LogP contribution is -2.67. The van der Waals surface area contributed by atoms with Crippen molar-refractivity contribution >= 4 is 22.8 Å². The zero-order chi connectivity index (χ0) is 21.0. The minimum Gasteiger partial charge on any atom is -0.356 e. The number of rotatable bonds is 3. The molecule has 3 aromatic rings. The molecule has 1 aliphatic carbocycles. The molecule has 0 atom stereocenters. The van der Waals surface area contributed by atoms with Crippen LogP contribution in [0.4, 0.5) is 14.6 Å². The smallest absolute Gasteiger partial charge is 0.254 e. The van der Waals surface area contributed by atoms with Gasteiger partial charge >= 0.3 is 0 Å². The lowest BCUT2D eigenvalue weighted by Gasteiger charge is -2.60. The van der Waals surface area contributed by atoms with Gasteiger partial charge in [0.15, 0.2) is 11.6 Å². The van der Waals surface area contributed by atoms with E-state index in [4.69, 9.17) is 5.26 Å². The highest BCUT2D eigenvalue weighted by Crippen LogP contribution is 2.51. The van der Waals surface area contributed by atoms with Gasteiger partial charge in [-0.1, -0.05) is 0 Å². The van der Waals surface area contributed by atoms with Gasteiger partial charge in [-0.05, 0) is 31.0 Å². The number of hydrogen-bond donors (Lipinski definition) is 1. The van der Waals surface area contributed by atoms with Gasteiger partial charge in [-0.3, -0.25) is 4.79 Å². The summed E-state index contributed by atoms with van der Waals surface area (Å²) in [7, 11) is 2.01. The van der Waals surface area contributed by atoms with Gasteiger partial charge in [-0.2, -0.15) is 5.26 Å². The largest absolute Gasteiger partial charge is 0.356 e. The first-order valence-electron chi connectivity index (χ1n) is 9.60. The molecule has 30 heavy (non-hydrogen) atoms. The summed E-state index contributed by atoms with van der Waals surface area (Å²) >= 11 is 0. The number of nitrogens with zero attached hydrogens (tertiary/aromatic N) is 5. The summed E-state index contributed by atoms with van der Waals surface area (Å²) in [6.45, 7) is 1.14. The second-order valence-corrected chi connectivity index (χ2v) is 8.20. The number of aromatic nitrogens is 3. The number of anilines is 1. The van der Waals surface area contributed by atoms with E-state index in [2.05, 4.69) is 19.9 Å². The minimum absolute atomic E-state index is 0.00382. The number of amides is 1. The third-order valence-electron chi connectivity index (χ3n) is 6.29. The number of H-pyrrole nitrogens is 1. The Hall–Kier alpha value is -3.54. The average molecular weight is 408 g/mol. The quantitative estimate of drug-likeness (QED) is 0.720. The molecular formula is C21H18F2N6O. The molecule has 5 rings (SSSR count). The van der Waals surface area contributed by atoms with Crippen LogP contribution in [-0.2, 0) is 0 Å². The predicted octanol–water partition coefficient (Wildman–Crippen LogP) is 2.85. The second-order valence-electron chi connectivity index (χ2n) is 8.20. The Morgan fingerprint density at radius 2 is 2.10 bits per heavy atom. The first-order chi connectivity index (χ1) is 14.4. The lowest BCUT2D eigenvalue weighted by molar-refractivity contribution is -0.0541. The number of hydrogen-bond acceptors (Lipinski definition) is 5. The number of nitrogens with one attached hydrogen (secondary N) is 1. The van der Waals surface area contributed by atoms with Crippen molar-refractivity contribution < 1.29 is 13.6 Å². The van der Waals surface area contributed by atoms with Crippen LogP contribution in [0.1, 0.15) is 28.8 Å². The number of nitriles is 1. The molecule has 1 aromatic carbocycles. The fraction of sp³-hybridized carbons (Fsp3) is 0.333. The highest BCUT2D eigenvalue weighted by atomic mass is 19.2. The van der Waals surface area contributed by atoms with E-state index in [-0.39, 0.29) is 16.9 Å². The first kappa shape index (κ1) is 18.5. The maximum absolute atomic E-state index is 13.7. The molecule has 2 aliphatic rings. The normalized spacial score (nSPS) is 17.5. The number of halogens is 2. The summed E-state index contributed by atoms with van der Waals surface area (Å²) < 4.78 is 27.2. The highest BCUT2D eigenvalue weighted by Gasteiger charge is 2.55. The van der Waals surface area contributed by atoms with Gasteiger partial charge in [0.05, 0.1) is 10.9 Å². The summed E-state index contributed by atoms with van der Waals surface area (Å²) in [4.78, 5) is 28.1. The van der Waals surface area contributed by atoms with Crippen molar-refractivity contribution in [2.75, 3.05) is 25.0 Å². The predicted molar refractivity (Wildman–Crippen MR) is 105 cm³/mol. The Bertz CT molecular complexity index is 1200. The molecule has 7 nitrogen and oxygen atoms in total. The third-order valence-corrected chi connectivity index (χ3v) is 6.29. The molecule has 152 valence electrons. The number of fused-ring (bicyclic) bond motifs is 1. The van der Waals surface area contributed by atoms with E-state index in [0.29, 0.717) is 19.1 Å². The first-order valence-corrected chi connectivity index (χ1v) is 9.60. The number of carbonyl (C=O) groups excluding carboxylic acids is 1. The Morgan fingerprint density at radius 1 is 1.33 bits per heavy atom. The standard InChI is InChI=1S/C21H18F2N6O/c1-28(19-15-2-3-25-18(15)26-11-27-19)14-6-21(7-14)9-29(10-21)20(30)12-4-13(8-24)17(23)16(22)5-12/h2-5,11,14H,6-7,9-10H2,1H3,(H,25,26,27). The summed E-state index contributed by atoms with van der Waals surface area (Å²) in [5, 5.41) is 9.89. The molecule has 1 aliphatic heterocycles. The van der Waals surface area contributed by atoms with Crippen molar-refractivity contribution in [3.05, 3.63) is 53.5 Å². The van der Waals surface area contributed by atoms with E-state index >= 15 is 0 Å². The van der Waals surface area contributed by atoms with Crippen molar-refractivity contribution in [2.45, 2.75) is 18.9 Å². The monoisotopic (exact) mass is 408 g/mol. The number of benzene rings is 1. The molecule has 1 saturated carbocycles. The van der Waals surface area contributed by atoms with Gasteiger partial charge < -0.3 is 14.8 Å². The van der Waals surface area contributed by atoms with E-state index in [1.807, 2.05) is 19.3 Å². The topological polar surface area (TPSA) is 88.9 Å². The number of aromatic amines is 1. The van der Waals surface area contributed by atoms with Gasteiger partial charge in [0.25, 0.3) is 5.91 Å². The number of likely N-dealkylation sites (tertiary alicyclic amines) is 1. The van der Waals surface area contributed by atoms with Gasteiger partial charge in [-0.15, -0.1) is 0 Å². The molecule has 1 N–H and O–H groups in total. The van der Waals surface area contributed by atoms with Crippen LogP contribution in [0.25, 0.3) is 11.0 Å². The van der Waals surface area contributed by atoms with E-state index in [1.54, 1.807) is 17.3 Å². The second kappa shape index (κ2) is 6.49. The van der Waals surface area contributed by atoms with Crippen LogP contribution in [0.2, 0.25) is 0 Å². The van der Waals surface area contributed by atoms with Crippen molar-refractivity contribution in [3.63, 3.8) is 0 Å². The van der Waals surface area contributed by atoms with Crippen molar-refractivity contribution in [1.82, 2.24) is 19.9 Å². The maximum Gasteiger partial charge on any atom is 0.254 e. The van der Waals surface area contributed by atoms with E-state index in [0.717, 1.165) is 41.8 Å². The van der Waals surface area contributed by atoms with Crippen LogP contribution in [0, 0.1) is 28.4 Å². The van der Waals surface area contributed by atoms with E-state index in [1.165, 1.54) is 0 Å². The van der Waals surface area contributed by atoms with Crippen LogP contribution >= 0.6 is 0 Å². The summed E-state index contributed by atoms with van der Waals surface area (Å²) in [5.74, 6) is -1.91. The zero-order valence-electron chi connectivity index (χ0n) is 16.2. The molecule has 3 heterocycles. The molecule has 1 spiro atoms. The van der Waals surface area contributed by atoms with Crippen LogP contribution in [-0.4, -0.2) is 51.9 Å². The molecule has 9 heteroatoms. The van der Waals surface area contributed by atoms with Crippen LogP contribution < -0.4 is 4.90 Å². The SMILES string of the molecule is CN(c1ncnc2[nH]ccc12)C1CC2(C1)CN(C(=O)c1cc(F)c(F)c(C#N)c1)C2. The molecule has 2 aromatic heterocycles. The lowest BCUT2D eigenvalue weighted by atomic mass is 9.60. The van der Waals surface area contributed by atoms with Crippen molar-refractivity contribution in [1.29, 1.82) is 5.26 Å². The van der Waals surface area contributed by atoms with Crippen molar-refractivity contribution in [3.8, 4) is 6.07 Å². The molecule has 1 saturated heterocycles. The Kier molecular flexibility index (Phi) is 4.00. The summed E-state index contributed by atoms with van der Waals surface area (Å²) in [5.41, 5.74) is 0.392. The van der Waals surface area contributed by atoms with Crippen LogP contribution in [0.15, 0.2) is 30.7 Å². The van der Waals surface area contributed by atoms with E-state index in [9.17, 15) is 13.6 Å². The van der Waals surface area contributed by atoms with E-state index < -0.39 is 17.2 Å². The van der Waals surface area contributed by atoms with Crippen LogP contribution in [0.3, 0.4) is 0 Å². The van der Waals surface area contributed by atoms with Gasteiger partial charge in [0, 0.05) is 43.4 Å². The maximum atomic E-state index is 13.7. The molecule has 0 radical (unpaired) electrons. The summed E-state index contributed by atoms with van der Waals surface area (Å²) in [6, 6.07) is 5.82. The summed E-state index contributed by atoms with van der Waals surface area (Å²) in [6.07, 6.45) is 5.22. The zero-order valence-corrected chi connectivity index (χ0v) is 16.2. The third kappa shape index (κ3) is 2.71. The van der Waals surface area contributed by atoms with Gasteiger partial charge in [-0.25, -0.2) is 18.7 Å². The average Bonchev–Trinajstić information content (AvgIpc) is 3.16. The van der Waals surface area contributed by atoms with Gasteiger partial charge in [0.2, 0.25) is 0 Å². The molecule has 0 bridgehead atoms. The van der Waals surface area contributed by atoms with Gasteiger partial charge in [0.1, 0.15) is 23.9 Å². The van der Waals surface area contributed by atoms with Crippen LogP contribution in [0.5, 0.6) is 0 Å². The highest BCUT2D eigenvalue weighted by molar-refractivity contribution is 5.95. The molecule has 1 amide bonds. The molecule has 2 fully saturated rings. The Morgan fingerprint density at radius 3 is 2.83 bits per heavy atom. The molecule has 0 unspecified atom stereocenters.